The molecule has 0 saturated carbocycles. The molecule has 0 unspecified atom stereocenters. The van der Waals surface area contributed by atoms with Crippen LogP contribution in [0.4, 0.5) is 0 Å². The molecule has 82 valence electrons. The van der Waals surface area contributed by atoms with Gasteiger partial charge in [-0.15, -0.1) is 6.61 Å². The second-order valence-electron chi connectivity index (χ2n) is 3.97. The van der Waals surface area contributed by atoms with Gasteiger partial charge in [-0.05, 0) is 0 Å². The summed E-state index contributed by atoms with van der Waals surface area (Å²) in [4.78, 5) is 1.42. The first-order valence-electron chi connectivity index (χ1n) is 5.50. The monoisotopic (exact) mass is 189 g/mol. The highest BCUT2D eigenvalue weighted by molar-refractivity contribution is 4.41. The normalized spacial score (nSPS) is 9.69. The van der Waals surface area contributed by atoms with Crippen molar-refractivity contribution in [2.24, 2.45) is 0 Å². The van der Waals surface area contributed by atoms with Gasteiger partial charge >= 0.3 is 0 Å². The first-order valence-corrected chi connectivity index (χ1v) is 5.50. The fourth-order valence-electron chi connectivity index (χ4n) is 0.882. The van der Waals surface area contributed by atoms with Crippen LogP contribution in [0.2, 0.25) is 0 Å². The van der Waals surface area contributed by atoms with Crippen LogP contribution in [0, 0.1) is 0 Å². The van der Waals surface area contributed by atoms with Crippen molar-refractivity contribution in [3.8, 4) is 0 Å². The van der Waals surface area contributed by atoms with Gasteiger partial charge in [0.25, 0.3) is 0 Å². The molecule has 0 saturated heterocycles. The molecule has 2 nitrogen and oxygen atoms in total. The summed E-state index contributed by atoms with van der Waals surface area (Å²) in [6.45, 7) is 2.32. The lowest BCUT2D eigenvalue weighted by atomic mass is 10.1. The van der Waals surface area contributed by atoms with E-state index in [1.807, 2.05) is 0 Å². The summed E-state index contributed by atoms with van der Waals surface area (Å²) in [5, 5.41) is 9.96. The van der Waals surface area contributed by atoms with Gasteiger partial charge in [-0.2, -0.15) is 0 Å². The number of hydrogen-bond acceptors (Lipinski definition) is 1. The molecule has 0 aliphatic carbocycles. The molecule has 13 heavy (non-hydrogen) atoms. The maximum Gasteiger partial charge on any atom is 0.0661 e. The summed E-state index contributed by atoms with van der Waals surface area (Å²) < 4.78 is 0. The lowest BCUT2D eigenvalue weighted by Gasteiger charge is -2.01. The predicted molar refractivity (Wildman–Crippen MR) is 57.0 cm³/mol. The first-order chi connectivity index (χ1) is 6.15. The topological polar surface area (TPSA) is 27.5 Å². The van der Waals surface area contributed by atoms with Crippen molar-refractivity contribution >= 4 is 0 Å². The minimum atomic E-state index is 0.117. The molecule has 2 heteroatoms. The molecule has 0 fully saturated rings. The molecular formula is C11H27NO. The molecule has 0 rings (SSSR count). The van der Waals surface area contributed by atoms with Crippen molar-refractivity contribution in [1.82, 2.24) is 0 Å². The lowest BCUT2D eigenvalue weighted by Crippen LogP contribution is -3.02. The molecule has 0 heterocycles. The second-order valence-corrected chi connectivity index (χ2v) is 3.97. The number of nitrogens with one attached hydrogen (secondary N) is 1. The van der Waals surface area contributed by atoms with Gasteiger partial charge < -0.3 is 10.0 Å². The first kappa shape index (κ1) is 15.4. The van der Waals surface area contributed by atoms with Gasteiger partial charge in [0.1, 0.15) is 0 Å². The highest BCUT2D eigenvalue weighted by Crippen LogP contribution is 2.03. The van der Waals surface area contributed by atoms with E-state index in [2.05, 4.69) is 28.1 Å². The molecule has 0 radical (unpaired) electrons. The van der Waals surface area contributed by atoms with E-state index >= 15 is 0 Å². The number of hydrogen-bond donors (Lipinski definition) is 1. The maximum absolute atomic E-state index is 9.96. The van der Waals surface area contributed by atoms with E-state index in [-0.39, 0.29) is 6.61 Å². The molecule has 0 aromatic heterocycles. The Morgan fingerprint density at radius 2 is 1.23 bits per heavy atom. The number of unbranched alkanes of at least 4 members (excludes halogenated alkanes) is 5. The fourth-order valence-corrected chi connectivity index (χ4v) is 0.882. The zero-order valence-electron chi connectivity index (χ0n) is 9.86. The fraction of sp³-hybridized carbons (Fsp3) is 1.00. The van der Waals surface area contributed by atoms with Gasteiger partial charge in [-0.1, -0.05) is 45.4 Å². The average molecular weight is 189 g/mol. The number of rotatable bonds is 6. The Morgan fingerprint density at radius 1 is 0.846 bits per heavy atom. The van der Waals surface area contributed by atoms with Crippen LogP contribution in [-0.4, -0.2) is 27.7 Å². The van der Waals surface area contributed by atoms with Crippen molar-refractivity contribution in [2.45, 2.75) is 45.4 Å². The largest absolute Gasteiger partial charge is 0.854 e. The molecule has 0 aromatic carbocycles. The summed E-state index contributed by atoms with van der Waals surface area (Å²) >= 11 is 0. The number of quaternary nitrogens is 1. The van der Waals surface area contributed by atoms with Crippen LogP contribution in [0.1, 0.15) is 45.4 Å². The van der Waals surface area contributed by atoms with Crippen LogP contribution in [-0.2, 0) is 0 Å². The smallest absolute Gasteiger partial charge is 0.0661 e. The molecule has 0 spiro atoms. The highest BCUT2D eigenvalue weighted by atomic mass is 16.2. The summed E-state index contributed by atoms with van der Waals surface area (Å²) in [6.07, 6.45) is 7.22. The van der Waals surface area contributed by atoms with Crippen LogP contribution in [0.3, 0.4) is 0 Å². The Balaban J connectivity index is 0. The molecule has 1 N–H and O–H groups in total. The molecule has 0 bridgehead atoms. The van der Waals surface area contributed by atoms with Crippen LogP contribution < -0.4 is 10.0 Å². The molecule has 0 aliphatic rings. The van der Waals surface area contributed by atoms with E-state index in [0.29, 0.717) is 0 Å². The Bertz CT molecular complexity index is 65.7. The van der Waals surface area contributed by atoms with E-state index in [1.54, 1.807) is 0 Å². The minimum Gasteiger partial charge on any atom is -0.854 e. The van der Waals surface area contributed by atoms with E-state index < -0.39 is 0 Å². The minimum absolute atomic E-state index is 0.117. The second kappa shape index (κ2) is 14.4. The summed E-state index contributed by atoms with van der Waals surface area (Å²) in [5.41, 5.74) is 0. The third-order valence-electron chi connectivity index (χ3n) is 1.50. The van der Waals surface area contributed by atoms with E-state index in [1.165, 1.54) is 30.6 Å². The summed E-state index contributed by atoms with van der Waals surface area (Å²) in [5.74, 6) is 0. The summed E-state index contributed by atoms with van der Waals surface area (Å²) in [7, 11) is 6.25. The average Bonchev–Trinajstić information content (AvgIpc) is 2.03. The van der Waals surface area contributed by atoms with Gasteiger partial charge in [-0.25, -0.2) is 0 Å². The molecule has 0 atom stereocenters. The van der Waals surface area contributed by atoms with Gasteiger partial charge in [0.05, 0.1) is 21.1 Å². The van der Waals surface area contributed by atoms with Gasteiger partial charge in [0.2, 0.25) is 0 Å². The molecule has 0 aromatic rings. The highest BCUT2D eigenvalue weighted by Gasteiger charge is 1.84. The quantitative estimate of drug-likeness (QED) is 0.604. The van der Waals surface area contributed by atoms with E-state index in [4.69, 9.17) is 0 Å². The van der Waals surface area contributed by atoms with Crippen molar-refractivity contribution in [3.63, 3.8) is 0 Å². The summed E-state index contributed by atoms with van der Waals surface area (Å²) in [6, 6.07) is 0. The lowest BCUT2D eigenvalue weighted by molar-refractivity contribution is -0.836. The zero-order chi connectivity index (χ0) is 10.5. The molecular weight excluding hydrogens is 162 g/mol. The van der Waals surface area contributed by atoms with Crippen molar-refractivity contribution in [3.05, 3.63) is 0 Å². The third kappa shape index (κ3) is 33.5. The van der Waals surface area contributed by atoms with Crippen LogP contribution in [0.25, 0.3) is 0 Å². The van der Waals surface area contributed by atoms with Crippen LogP contribution in [0.5, 0.6) is 0 Å². The van der Waals surface area contributed by atoms with E-state index in [0.717, 1.165) is 12.8 Å². The Labute approximate surface area is 83.9 Å². The van der Waals surface area contributed by atoms with Gasteiger partial charge in [0, 0.05) is 0 Å². The van der Waals surface area contributed by atoms with E-state index in [9.17, 15) is 5.11 Å². The Kier molecular flexibility index (Phi) is 17.1. The van der Waals surface area contributed by atoms with Crippen molar-refractivity contribution < 1.29 is 10.0 Å². The van der Waals surface area contributed by atoms with Crippen LogP contribution >= 0.6 is 0 Å². The Hall–Kier alpha value is -0.0800. The van der Waals surface area contributed by atoms with Crippen molar-refractivity contribution in [1.29, 1.82) is 0 Å². The predicted octanol–water partition coefficient (Wildman–Crippen LogP) is 0.468. The standard InChI is InChI=1S/C8H17O.C3H9N/c1-2-3-4-5-6-7-8-9;1-4(2)3/h2-8H2,1H3;1-3H3/q-1;/p+1. The SMILES string of the molecule is CCCCCCCC[O-].C[NH+](C)C. The van der Waals surface area contributed by atoms with Gasteiger partial charge in [0.15, 0.2) is 0 Å². The Morgan fingerprint density at radius 3 is 1.62 bits per heavy atom. The maximum atomic E-state index is 9.96. The van der Waals surface area contributed by atoms with Gasteiger partial charge in [-0.3, -0.25) is 0 Å². The zero-order valence-corrected chi connectivity index (χ0v) is 9.86. The third-order valence-corrected chi connectivity index (χ3v) is 1.50. The van der Waals surface area contributed by atoms with Crippen LogP contribution in [0.15, 0.2) is 0 Å². The molecule has 0 amide bonds. The van der Waals surface area contributed by atoms with Crippen molar-refractivity contribution in [2.75, 3.05) is 27.7 Å². The molecule has 0 aliphatic heterocycles.